The Morgan fingerprint density at radius 3 is 2.40 bits per heavy atom. The molecule has 0 unspecified atom stereocenters. The van der Waals surface area contributed by atoms with E-state index in [4.69, 9.17) is 5.84 Å². The van der Waals surface area contributed by atoms with E-state index >= 15 is 0 Å². The Morgan fingerprint density at radius 2 is 1.87 bits per heavy atom. The fourth-order valence-corrected chi connectivity index (χ4v) is 1.65. The summed E-state index contributed by atoms with van der Waals surface area (Å²) >= 11 is 0. The molecule has 0 fully saturated rings. The second-order valence-corrected chi connectivity index (χ2v) is 4.09. The molecule has 1 aromatic carbocycles. The Morgan fingerprint density at radius 1 is 1.20 bits per heavy atom. The average molecular weight is 206 g/mol. The molecular formula is C13H22N2. The van der Waals surface area contributed by atoms with Crippen molar-refractivity contribution in [1.82, 2.24) is 5.43 Å². The summed E-state index contributed by atoms with van der Waals surface area (Å²) in [6.45, 7) is 4.30. The smallest absolute Gasteiger partial charge is 0.0431 e. The number of aryl methyl sites for hydroxylation is 1. The Labute approximate surface area is 92.8 Å². The number of rotatable bonds is 6. The van der Waals surface area contributed by atoms with Gasteiger partial charge in [-0.25, -0.2) is 0 Å². The first-order valence-corrected chi connectivity index (χ1v) is 5.83. The van der Waals surface area contributed by atoms with Crippen LogP contribution in [0.2, 0.25) is 0 Å². The lowest BCUT2D eigenvalue weighted by Gasteiger charge is -2.10. The van der Waals surface area contributed by atoms with Gasteiger partial charge in [-0.2, -0.15) is 0 Å². The predicted molar refractivity (Wildman–Crippen MR) is 65.4 cm³/mol. The highest BCUT2D eigenvalue weighted by Crippen LogP contribution is 2.13. The number of hydrogen-bond acceptors (Lipinski definition) is 2. The van der Waals surface area contributed by atoms with Gasteiger partial charge in [-0.1, -0.05) is 44.0 Å². The first kappa shape index (κ1) is 12.2. The van der Waals surface area contributed by atoms with E-state index in [1.54, 1.807) is 0 Å². The van der Waals surface area contributed by atoms with Gasteiger partial charge in [-0.05, 0) is 30.9 Å². The maximum atomic E-state index is 5.39. The molecule has 0 radical (unpaired) electrons. The average Bonchev–Trinajstić information content (AvgIpc) is 2.29. The van der Waals surface area contributed by atoms with E-state index in [0.29, 0.717) is 0 Å². The molecule has 0 aliphatic carbocycles. The van der Waals surface area contributed by atoms with Crippen LogP contribution in [0, 0.1) is 0 Å². The summed E-state index contributed by atoms with van der Waals surface area (Å²) in [6.07, 6.45) is 5.09. The zero-order valence-corrected chi connectivity index (χ0v) is 9.79. The predicted octanol–water partition coefficient (Wildman–Crippen LogP) is 2.94. The lowest BCUT2D eigenvalue weighted by molar-refractivity contribution is 0.602. The maximum absolute atomic E-state index is 5.39. The summed E-state index contributed by atoms with van der Waals surface area (Å²) in [5.74, 6) is 5.39. The van der Waals surface area contributed by atoms with Crippen LogP contribution in [0.5, 0.6) is 0 Å². The van der Waals surface area contributed by atoms with Gasteiger partial charge in [0.05, 0.1) is 0 Å². The third-order valence-corrected chi connectivity index (χ3v) is 2.80. The zero-order chi connectivity index (χ0) is 11.1. The van der Waals surface area contributed by atoms with Crippen LogP contribution in [0.25, 0.3) is 0 Å². The van der Waals surface area contributed by atoms with Gasteiger partial charge in [0.2, 0.25) is 0 Å². The first-order chi connectivity index (χ1) is 7.27. The SMILES string of the molecule is CCCCCc1ccc([C@@H](C)NN)cc1. The standard InChI is InChI=1S/C13H22N2/c1-3-4-5-6-12-7-9-13(10-8-12)11(2)15-14/h7-11,15H,3-6,14H2,1-2H3/t11-/m1/s1. The van der Waals surface area contributed by atoms with Crippen molar-refractivity contribution in [1.29, 1.82) is 0 Å². The van der Waals surface area contributed by atoms with Crippen molar-refractivity contribution >= 4 is 0 Å². The highest BCUT2D eigenvalue weighted by Gasteiger charge is 2.01. The van der Waals surface area contributed by atoms with Crippen LogP contribution >= 0.6 is 0 Å². The van der Waals surface area contributed by atoms with E-state index in [-0.39, 0.29) is 6.04 Å². The van der Waals surface area contributed by atoms with Crippen molar-refractivity contribution < 1.29 is 0 Å². The number of benzene rings is 1. The zero-order valence-electron chi connectivity index (χ0n) is 9.79. The Bertz CT molecular complexity index is 266. The molecule has 1 rings (SSSR count). The van der Waals surface area contributed by atoms with Gasteiger partial charge in [-0.15, -0.1) is 0 Å². The highest BCUT2D eigenvalue weighted by molar-refractivity contribution is 5.24. The van der Waals surface area contributed by atoms with Gasteiger partial charge in [0.15, 0.2) is 0 Å². The fraction of sp³-hybridized carbons (Fsp3) is 0.538. The Kier molecular flexibility index (Phi) is 5.37. The lowest BCUT2D eigenvalue weighted by Crippen LogP contribution is -2.25. The Hall–Kier alpha value is -0.860. The number of unbranched alkanes of at least 4 members (excludes halogenated alkanes) is 2. The van der Waals surface area contributed by atoms with E-state index in [2.05, 4.69) is 43.5 Å². The van der Waals surface area contributed by atoms with Crippen LogP contribution < -0.4 is 11.3 Å². The molecule has 0 spiro atoms. The molecule has 2 nitrogen and oxygen atoms in total. The van der Waals surface area contributed by atoms with Crippen molar-refractivity contribution in [3.63, 3.8) is 0 Å². The van der Waals surface area contributed by atoms with Gasteiger partial charge >= 0.3 is 0 Å². The van der Waals surface area contributed by atoms with E-state index in [1.165, 1.54) is 36.8 Å². The molecule has 1 aromatic rings. The van der Waals surface area contributed by atoms with Gasteiger partial charge < -0.3 is 0 Å². The number of nitrogens with one attached hydrogen (secondary N) is 1. The molecule has 84 valence electrons. The van der Waals surface area contributed by atoms with E-state index in [0.717, 1.165) is 0 Å². The lowest BCUT2D eigenvalue weighted by atomic mass is 10.0. The molecule has 1 atom stereocenters. The number of hydrazine groups is 1. The minimum atomic E-state index is 0.231. The molecule has 3 N–H and O–H groups in total. The maximum Gasteiger partial charge on any atom is 0.0431 e. The highest BCUT2D eigenvalue weighted by atomic mass is 15.2. The first-order valence-electron chi connectivity index (χ1n) is 5.83. The largest absolute Gasteiger partial charge is 0.271 e. The van der Waals surface area contributed by atoms with Crippen molar-refractivity contribution in [3.05, 3.63) is 35.4 Å². The minimum absolute atomic E-state index is 0.231. The minimum Gasteiger partial charge on any atom is -0.271 e. The van der Waals surface area contributed by atoms with Crippen molar-refractivity contribution in [2.24, 2.45) is 5.84 Å². The molecule has 0 saturated carbocycles. The molecule has 0 aromatic heterocycles. The Balaban J connectivity index is 2.49. The molecule has 2 heteroatoms. The van der Waals surface area contributed by atoms with Crippen LogP contribution in [0.3, 0.4) is 0 Å². The van der Waals surface area contributed by atoms with Crippen molar-refractivity contribution in [2.45, 2.75) is 45.6 Å². The third kappa shape index (κ3) is 4.02. The van der Waals surface area contributed by atoms with E-state index < -0.39 is 0 Å². The second-order valence-electron chi connectivity index (χ2n) is 4.09. The summed E-state index contributed by atoms with van der Waals surface area (Å²) < 4.78 is 0. The van der Waals surface area contributed by atoms with Gasteiger partial charge in [0, 0.05) is 6.04 Å². The van der Waals surface area contributed by atoms with E-state index in [1.807, 2.05) is 0 Å². The molecule has 0 bridgehead atoms. The molecule has 0 aliphatic heterocycles. The van der Waals surface area contributed by atoms with Crippen LogP contribution in [-0.4, -0.2) is 0 Å². The quantitative estimate of drug-likeness (QED) is 0.426. The monoisotopic (exact) mass is 206 g/mol. The van der Waals surface area contributed by atoms with Gasteiger partial charge in [0.1, 0.15) is 0 Å². The summed E-state index contributed by atoms with van der Waals surface area (Å²) in [5, 5.41) is 0. The fourth-order valence-electron chi connectivity index (χ4n) is 1.65. The molecule has 0 saturated heterocycles. The normalized spacial score (nSPS) is 12.7. The van der Waals surface area contributed by atoms with Crippen LogP contribution in [-0.2, 0) is 6.42 Å². The summed E-state index contributed by atoms with van der Waals surface area (Å²) in [6, 6.07) is 8.96. The second kappa shape index (κ2) is 6.59. The topological polar surface area (TPSA) is 38.0 Å². The van der Waals surface area contributed by atoms with Crippen molar-refractivity contribution in [2.75, 3.05) is 0 Å². The molecule has 0 amide bonds. The van der Waals surface area contributed by atoms with Crippen LogP contribution in [0.15, 0.2) is 24.3 Å². The molecule has 0 aliphatic rings. The summed E-state index contributed by atoms with van der Waals surface area (Å²) in [7, 11) is 0. The molecule has 0 heterocycles. The van der Waals surface area contributed by atoms with Gasteiger partial charge in [0.25, 0.3) is 0 Å². The number of nitrogens with two attached hydrogens (primary N) is 1. The van der Waals surface area contributed by atoms with Crippen LogP contribution in [0.4, 0.5) is 0 Å². The number of hydrogen-bond donors (Lipinski definition) is 2. The summed E-state index contributed by atoms with van der Waals surface area (Å²) in [4.78, 5) is 0. The molecule has 15 heavy (non-hydrogen) atoms. The van der Waals surface area contributed by atoms with E-state index in [9.17, 15) is 0 Å². The summed E-state index contributed by atoms with van der Waals surface area (Å²) in [5.41, 5.74) is 5.43. The van der Waals surface area contributed by atoms with Gasteiger partial charge in [-0.3, -0.25) is 11.3 Å². The third-order valence-electron chi connectivity index (χ3n) is 2.80. The molecular weight excluding hydrogens is 184 g/mol. The van der Waals surface area contributed by atoms with Crippen molar-refractivity contribution in [3.8, 4) is 0 Å². The van der Waals surface area contributed by atoms with Crippen LogP contribution in [0.1, 0.15) is 50.3 Å².